The van der Waals surface area contributed by atoms with Gasteiger partial charge in [0.1, 0.15) is 5.78 Å². The molecular formula is C24H32O3. The number of hydrogen-bond donors (Lipinski definition) is 0. The zero-order valence-corrected chi connectivity index (χ0v) is 17.0. The van der Waals surface area contributed by atoms with Crippen molar-refractivity contribution in [2.45, 2.75) is 52.9 Å². The second-order valence-corrected chi connectivity index (χ2v) is 12.0. The molecule has 0 heterocycles. The molecule has 146 valence electrons. The third kappa shape index (κ3) is 1.22. The van der Waals surface area contributed by atoms with Crippen molar-refractivity contribution in [2.24, 2.45) is 75.4 Å². The van der Waals surface area contributed by atoms with Gasteiger partial charge in [0.2, 0.25) is 0 Å². The van der Waals surface area contributed by atoms with Crippen molar-refractivity contribution in [3.8, 4) is 0 Å². The van der Waals surface area contributed by atoms with Gasteiger partial charge in [-0.25, -0.2) is 0 Å². The minimum absolute atomic E-state index is 0.0693. The molecule has 7 aliphatic carbocycles. The molecule has 7 rings (SSSR count). The van der Waals surface area contributed by atoms with Crippen LogP contribution in [0.2, 0.25) is 0 Å². The maximum Gasteiger partial charge on any atom is 0.312 e. The van der Waals surface area contributed by atoms with Gasteiger partial charge in [-0.15, -0.1) is 0 Å². The number of carbonyl (C=O) groups is 2. The van der Waals surface area contributed by atoms with Crippen LogP contribution in [0, 0.1) is 75.4 Å². The van der Waals surface area contributed by atoms with Crippen LogP contribution in [0.4, 0.5) is 0 Å². The highest BCUT2D eigenvalue weighted by atomic mass is 16.5. The molecule has 7 fully saturated rings. The van der Waals surface area contributed by atoms with Crippen LogP contribution < -0.4 is 0 Å². The van der Waals surface area contributed by atoms with Crippen molar-refractivity contribution >= 4 is 11.8 Å². The summed E-state index contributed by atoms with van der Waals surface area (Å²) >= 11 is 0. The first-order valence-electron chi connectivity index (χ1n) is 11.5. The first kappa shape index (κ1) is 16.0. The van der Waals surface area contributed by atoms with Gasteiger partial charge in [-0.2, -0.15) is 0 Å². The summed E-state index contributed by atoms with van der Waals surface area (Å²) in [5, 5.41) is 0. The number of rotatable bonds is 1. The summed E-state index contributed by atoms with van der Waals surface area (Å²) in [6, 6.07) is 0. The molecule has 27 heavy (non-hydrogen) atoms. The number of ketones is 1. The maximum absolute atomic E-state index is 14.0. The summed E-state index contributed by atoms with van der Waals surface area (Å²) in [6.07, 6.45) is 6.07. The van der Waals surface area contributed by atoms with E-state index >= 15 is 0 Å². The normalized spacial score (nSPS) is 68.7. The molecule has 0 saturated heterocycles. The quantitative estimate of drug-likeness (QED) is 0.658. The minimum Gasteiger partial charge on any atom is -0.469 e. The molecule has 0 N–H and O–H groups in total. The third-order valence-electron chi connectivity index (χ3n) is 12.1. The summed E-state index contributed by atoms with van der Waals surface area (Å²) in [5.74, 6) is 6.44. The number of hydrogen-bond acceptors (Lipinski definition) is 3. The van der Waals surface area contributed by atoms with E-state index in [9.17, 15) is 9.59 Å². The van der Waals surface area contributed by atoms with Crippen LogP contribution in [0.3, 0.4) is 0 Å². The Hall–Kier alpha value is -0.860. The number of Topliss-reactive ketones (excluding diaryl/α,β-unsaturated/α-hetero) is 1. The van der Waals surface area contributed by atoms with Crippen molar-refractivity contribution in [3.63, 3.8) is 0 Å². The Morgan fingerprint density at radius 1 is 0.889 bits per heavy atom. The lowest BCUT2D eigenvalue weighted by Crippen LogP contribution is -2.44. The summed E-state index contributed by atoms with van der Waals surface area (Å²) < 4.78 is 5.50. The number of fused-ring (bicyclic) bond motifs is 5. The summed E-state index contributed by atoms with van der Waals surface area (Å²) in [7, 11) is 1.60. The van der Waals surface area contributed by atoms with Gasteiger partial charge in [0.25, 0.3) is 0 Å². The standard InChI is InChI=1S/C24H32O3/c1-22-9-8-12-17-14-13-15(23(2,20(22)25)19(14)18(12)22)10-6-5-7-11(10)16(13)24(17,3)21(26)27-4/h10-19H,5-9H2,1-4H3/t10?,11?,12?,13?,14?,15?,16?,17?,18?,19?,22-,23?,24-/m0/s1. The highest BCUT2D eigenvalue weighted by Gasteiger charge is 2.89. The molecule has 0 aromatic heterocycles. The zero-order valence-electron chi connectivity index (χ0n) is 17.0. The molecule has 0 aromatic rings. The number of ether oxygens (including phenoxy) is 1. The van der Waals surface area contributed by atoms with Gasteiger partial charge in [-0.1, -0.05) is 20.3 Å². The molecular weight excluding hydrogens is 336 g/mol. The molecule has 7 aliphatic rings. The van der Waals surface area contributed by atoms with Gasteiger partial charge in [0, 0.05) is 10.8 Å². The Morgan fingerprint density at radius 2 is 1.52 bits per heavy atom. The number of methoxy groups -OCH3 is 1. The van der Waals surface area contributed by atoms with E-state index in [-0.39, 0.29) is 22.2 Å². The Morgan fingerprint density at radius 3 is 2.22 bits per heavy atom. The van der Waals surface area contributed by atoms with Gasteiger partial charge >= 0.3 is 5.97 Å². The maximum atomic E-state index is 14.0. The molecule has 3 nitrogen and oxygen atoms in total. The van der Waals surface area contributed by atoms with E-state index in [0.717, 1.165) is 12.8 Å². The molecule has 0 amide bonds. The molecule has 13 atom stereocenters. The van der Waals surface area contributed by atoms with Crippen LogP contribution in [-0.2, 0) is 14.3 Å². The van der Waals surface area contributed by atoms with Crippen molar-refractivity contribution in [3.05, 3.63) is 0 Å². The number of carbonyl (C=O) groups excluding carboxylic acids is 2. The number of esters is 1. The van der Waals surface area contributed by atoms with Crippen LogP contribution in [0.15, 0.2) is 0 Å². The molecule has 3 heteroatoms. The van der Waals surface area contributed by atoms with E-state index < -0.39 is 0 Å². The summed E-state index contributed by atoms with van der Waals surface area (Å²) in [5.41, 5.74) is -0.513. The van der Waals surface area contributed by atoms with Crippen LogP contribution in [-0.4, -0.2) is 18.9 Å². The molecule has 0 aromatic carbocycles. The molecule has 7 saturated carbocycles. The van der Waals surface area contributed by atoms with Crippen LogP contribution >= 0.6 is 0 Å². The summed E-state index contributed by atoms with van der Waals surface area (Å²) in [6.45, 7) is 6.98. The van der Waals surface area contributed by atoms with Gasteiger partial charge in [0.15, 0.2) is 0 Å². The first-order valence-corrected chi connectivity index (χ1v) is 11.5. The fourth-order valence-corrected chi connectivity index (χ4v) is 12.2. The first-order chi connectivity index (χ1) is 12.8. The zero-order chi connectivity index (χ0) is 18.7. The van der Waals surface area contributed by atoms with E-state index in [1.165, 1.54) is 19.3 Å². The van der Waals surface area contributed by atoms with E-state index in [0.29, 0.717) is 65.0 Å². The fraction of sp³-hybridized carbons (Fsp3) is 0.917. The molecule has 0 bridgehead atoms. The Balaban J connectivity index is 1.52. The van der Waals surface area contributed by atoms with E-state index in [1.807, 2.05) is 0 Å². The van der Waals surface area contributed by atoms with Gasteiger partial charge in [-0.05, 0) is 91.8 Å². The molecule has 0 aliphatic heterocycles. The molecule has 0 spiro atoms. The third-order valence-corrected chi connectivity index (χ3v) is 12.1. The lowest BCUT2D eigenvalue weighted by atomic mass is 9.64. The Bertz CT molecular complexity index is 791. The average molecular weight is 369 g/mol. The van der Waals surface area contributed by atoms with Gasteiger partial charge in [-0.3, -0.25) is 9.59 Å². The smallest absolute Gasteiger partial charge is 0.312 e. The topological polar surface area (TPSA) is 43.4 Å². The fourth-order valence-electron chi connectivity index (χ4n) is 12.2. The minimum atomic E-state index is -0.309. The second-order valence-electron chi connectivity index (χ2n) is 12.0. The highest BCUT2D eigenvalue weighted by Crippen LogP contribution is 2.89. The van der Waals surface area contributed by atoms with Gasteiger partial charge < -0.3 is 4.74 Å². The van der Waals surface area contributed by atoms with E-state index in [1.54, 1.807) is 7.11 Å². The highest BCUT2D eigenvalue weighted by molar-refractivity contribution is 5.95. The van der Waals surface area contributed by atoms with Crippen LogP contribution in [0.25, 0.3) is 0 Å². The van der Waals surface area contributed by atoms with Crippen molar-refractivity contribution < 1.29 is 14.3 Å². The van der Waals surface area contributed by atoms with E-state index in [4.69, 9.17) is 4.74 Å². The van der Waals surface area contributed by atoms with Gasteiger partial charge in [0.05, 0.1) is 12.5 Å². The lowest BCUT2D eigenvalue weighted by molar-refractivity contribution is -0.160. The van der Waals surface area contributed by atoms with Crippen LogP contribution in [0.5, 0.6) is 0 Å². The molecule has 0 radical (unpaired) electrons. The second kappa shape index (κ2) is 4.19. The summed E-state index contributed by atoms with van der Waals surface area (Å²) in [4.78, 5) is 27.3. The van der Waals surface area contributed by atoms with E-state index in [2.05, 4.69) is 20.8 Å². The SMILES string of the molecule is COC(=O)[C@@]1(C)C2C3CCCC3C3C2C2C4C5C(CC[C@]5(C)C(=O)C34C)C21. The monoisotopic (exact) mass is 368 g/mol. The van der Waals surface area contributed by atoms with Crippen molar-refractivity contribution in [1.82, 2.24) is 0 Å². The average Bonchev–Trinajstić information content (AvgIpc) is 3.42. The van der Waals surface area contributed by atoms with Crippen molar-refractivity contribution in [2.75, 3.05) is 7.11 Å². The molecule has 11 unspecified atom stereocenters. The predicted octanol–water partition coefficient (Wildman–Crippen LogP) is 3.96. The van der Waals surface area contributed by atoms with Crippen molar-refractivity contribution in [1.29, 1.82) is 0 Å². The Labute approximate surface area is 162 Å². The lowest BCUT2D eigenvalue weighted by Gasteiger charge is -2.39. The van der Waals surface area contributed by atoms with Crippen LogP contribution in [0.1, 0.15) is 52.9 Å². The Kier molecular flexibility index (Phi) is 2.48. The largest absolute Gasteiger partial charge is 0.469 e. The predicted molar refractivity (Wildman–Crippen MR) is 99.3 cm³/mol.